The highest BCUT2D eigenvalue weighted by molar-refractivity contribution is 7.99. The number of H-pyrrole nitrogens is 1. The Labute approximate surface area is 170 Å². The van der Waals surface area contributed by atoms with Gasteiger partial charge in [-0.1, -0.05) is 78.3 Å². The topological polar surface area (TPSA) is 61.9 Å². The van der Waals surface area contributed by atoms with E-state index >= 15 is 0 Å². The molecule has 0 atom stereocenters. The van der Waals surface area contributed by atoms with Crippen molar-refractivity contribution >= 4 is 17.7 Å². The molecule has 3 aromatic rings. The summed E-state index contributed by atoms with van der Waals surface area (Å²) in [6, 6.07) is 16.4. The van der Waals surface area contributed by atoms with Crippen LogP contribution in [0, 0.1) is 13.8 Å². The standard InChI is InChI=1S/C22H26N4OS/c1-4-13-26(14-18-9-5-16(2)6-10-18)20(27)15-28-22-23-21(24-25-22)19-11-7-17(3)8-12-19/h5-12H,4,13-15H2,1-3H3,(H,23,24,25). The molecule has 1 aromatic heterocycles. The maximum absolute atomic E-state index is 12.7. The van der Waals surface area contributed by atoms with Crippen molar-refractivity contribution in [2.75, 3.05) is 12.3 Å². The summed E-state index contributed by atoms with van der Waals surface area (Å²) in [7, 11) is 0. The predicted octanol–water partition coefficient (Wildman–Crippen LogP) is 4.62. The Morgan fingerprint density at radius 2 is 1.68 bits per heavy atom. The van der Waals surface area contributed by atoms with Crippen LogP contribution in [0.15, 0.2) is 53.7 Å². The number of aromatic amines is 1. The van der Waals surface area contributed by atoms with Gasteiger partial charge in [-0.2, -0.15) is 0 Å². The molecule has 2 aromatic carbocycles. The lowest BCUT2D eigenvalue weighted by Gasteiger charge is -2.22. The van der Waals surface area contributed by atoms with Gasteiger partial charge in [0.25, 0.3) is 0 Å². The Hall–Kier alpha value is -2.60. The van der Waals surface area contributed by atoms with E-state index in [-0.39, 0.29) is 5.91 Å². The Morgan fingerprint density at radius 1 is 1.04 bits per heavy atom. The highest BCUT2D eigenvalue weighted by Crippen LogP contribution is 2.20. The first-order chi connectivity index (χ1) is 13.5. The van der Waals surface area contributed by atoms with E-state index in [0.717, 1.165) is 29.9 Å². The molecule has 0 fully saturated rings. The Bertz CT molecular complexity index is 903. The number of rotatable bonds is 8. The van der Waals surface area contributed by atoms with Crippen molar-refractivity contribution in [3.63, 3.8) is 0 Å². The molecule has 3 rings (SSSR count). The number of aryl methyl sites for hydroxylation is 2. The average Bonchev–Trinajstić information content (AvgIpc) is 3.17. The number of hydrogen-bond acceptors (Lipinski definition) is 4. The van der Waals surface area contributed by atoms with E-state index in [4.69, 9.17) is 0 Å². The molecule has 0 aliphatic carbocycles. The molecule has 0 bridgehead atoms. The van der Waals surface area contributed by atoms with Crippen molar-refractivity contribution in [3.8, 4) is 11.4 Å². The molecule has 0 radical (unpaired) electrons. The highest BCUT2D eigenvalue weighted by Gasteiger charge is 2.15. The largest absolute Gasteiger partial charge is 0.338 e. The van der Waals surface area contributed by atoms with Crippen LogP contribution in [-0.2, 0) is 11.3 Å². The SMILES string of the molecule is CCCN(Cc1ccc(C)cc1)C(=O)CSc1n[nH]c(-c2ccc(C)cc2)n1. The minimum Gasteiger partial charge on any atom is -0.338 e. The Kier molecular flexibility index (Phi) is 6.87. The average molecular weight is 395 g/mol. The fraction of sp³-hybridized carbons (Fsp3) is 0.318. The molecule has 1 N–H and O–H groups in total. The fourth-order valence-corrected chi connectivity index (χ4v) is 3.55. The maximum atomic E-state index is 12.7. The van der Waals surface area contributed by atoms with E-state index in [0.29, 0.717) is 17.5 Å². The molecule has 0 aliphatic rings. The second-order valence-electron chi connectivity index (χ2n) is 6.92. The second-order valence-corrected chi connectivity index (χ2v) is 7.86. The summed E-state index contributed by atoms with van der Waals surface area (Å²) in [5.41, 5.74) is 4.56. The van der Waals surface area contributed by atoms with Gasteiger partial charge in [0.15, 0.2) is 5.82 Å². The van der Waals surface area contributed by atoms with Crippen LogP contribution in [0.1, 0.15) is 30.0 Å². The van der Waals surface area contributed by atoms with Gasteiger partial charge in [0.2, 0.25) is 11.1 Å². The number of nitrogens with zero attached hydrogens (tertiary/aromatic N) is 3. The van der Waals surface area contributed by atoms with Crippen molar-refractivity contribution in [1.29, 1.82) is 0 Å². The lowest BCUT2D eigenvalue weighted by molar-refractivity contribution is -0.129. The lowest BCUT2D eigenvalue weighted by Crippen LogP contribution is -2.32. The number of nitrogens with one attached hydrogen (secondary N) is 1. The van der Waals surface area contributed by atoms with Gasteiger partial charge < -0.3 is 4.90 Å². The third-order valence-electron chi connectivity index (χ3n) is 4.45. The fourth-order valence-electron chi connectivity index (χ4n) is 2.84. The van der Waals surface area contributed by atoms with E-state index in [9.17, 15) is 4.79 Å². The highest BCUT2D eigenvalue weighted by atomic mass is 32.2. The zero-order valence-corrected chi connectivity index (χ0v) is 17.4. The number of thioether (sulfide) groups is 1. The van der Waals surface area contributed by atoms with Gasteiger partial charge in [-0.25, -0.2) is 4.98 Å². The van der Waals surface area contributed by atoms with Crippen LogP contribution in [0.3, 0.4) is 0 Å². The number of carbonyl (C=O) groups excluding carboxylic acids is 1. The van der Waals surface area contributed by atoms with E-state index < -0.39 is 0 Å². The zero-order chi connectivity index (χ0) is 19.9. The Balaban J connectivity index is 1.59. The van der Waals surface area contributed by atoms with Gasteiger partial charge >= 0.3 is 0 Å². The van der Waals surface area contributed by atoms with Crippen molar-refractivity contribution in [2.45, 2.75) is 38.9 Å². The summed E-state index contributed by atoms with van der Waals surface area (Å²) in [6.07, 6.45) is 0.931. The summed E-state index contributed by atoms with van der Waals surface area (Å²) < 4.78 is 0. The van der Waals surface area contributed by atoms with E-state index in [1.54, 1.807) is 0 Å². The number of amides is 1. The molecule has 0 saturated carbocycles. The summed E-state index contributed by atoms with van der Waals surface area (Å²) in [6.45, 7) is 7.59. The third kappa shape index (κ3) is 5.45. The molecule has 146 valence electrons. The molecule has 0 unspecified atom stereocenters. The molecule has 28 heavy (non-hydrogen) atoms. The number of benzene rings is 2. The first kappa shape index (κ1) is 20.1. The van der Waals surface area contributed by atoms with Gasteiger partial charge in [0.1, 0.15) is 0 Å². The van der Waals surface area contributed by atoms with Crippen LogP contribution in [0.4, 0.5) is 0 Å². The van der Waals surface area contributed by atoms with E-state index in [1.165, 1.54) is 22.9 Å². The first-order valence-electron chi connectivity index (χ1n) is 9.50. The van der Waals surface area contributed by atoms with Crippen LogP contribution in [0.25, 0.3) is 11.4 Å². The molecular weight excluding hydrogens is 368 g/mol. The molecule has 6 heteroatoms. The van der Waals surface area contributed by atoms with Gasteiger partial charge in [0.05, 0.1) is 5.75 Å². The minimum absolute atomic E-state index is 0.106. The van der Waals surface area contributed by atoms with Crippen molar-refractivity contribution < 1.29 is 4.79 Å². The van der Waals surface area contributed by atoms with Crippen molar-refractivity contribution in [2.24, 2.45) is 0 Å². The lowest BCUT2D eigenvalue weighted by atomic mass is 10.1. The van der Waals surface area contributed by atoms with Gasteiger partial charge in [0, 0.05) is 18.7 Å². The van der Waals surface area contributed by atoms with Crippen LogP contribution in [0.2, 0.25) is 0 Å². The van der Waals surface area contributed by atoms with Crippen molar-refractivity contribution in [1.82, 2.24) is 20.1 Å². The molecule has 0 aliphatic heterocycles. The summed E-state index contributed by atoms with van der Waals surface area (Å²) >= 11 is 1.37. The van der Waals surface area contributed by atoms with Crippen LogP contribution in [0.5, 0.6) is 0 Å². The second kappa shape index (κ2) is 9.55. The third-order valence-corrected chi connectivity index (χ3v) is 5.29. The number of carbonyl (C=O) groups is 1. The predicted molar refractivity (Wildman–Crippen MR) is 114 cm³/mol. The van der Waals surface area contributed by atoms with Crippen LogP contribution >= 0.6 is 11.8 Å². The van der Waals surface area contributed by atoms with Crippen molar-refractivity contribution in [3.05, 3.63) is 65.2 Å². The van der Waals surface area contributed by atoms with E-state index in [2.05, 4.69) is 60.2 Å². The molecule has 0 spiro atoms. The Morgan fingerprint density at radius 3 is 2.32 bits per heavy atom. The zero-order valence-electron chi connectivity index (χ0n) is 16.6. The summed E-state index contributed by atoms with van der Waals surface area (Å²) in [4.78, 5) is 19.1. The summed E-state index contributed by atoms with van der Waals surface area (Å²) in [5, 5.41) is 7.79. The van der Waals surface area contributed by atoms with Crippen LogP contribution < -0.4 is 0 Å². The van der Waals surface area contributed by atoms with Gasteiger partial charge in [-0.05, 0) is 25.8 Å². The maximum Gasteiger partial charge on any atom is 0.233 e. The van der Waals surface area contributed by atoms with Gasteiger partial charge in [-0.3, -0.25) is 9.89 Å². The monoisotopic (exact) mass is 394 g/mol. The number of hydrogen-bond donors (Lipinski definition) is 1. The van der Waals surface area contributed by atoms with Crippen LogP contribution in [-0.4, -0.2) is 38.3 Å². The van der Waals surface area contributed by atoms with Gasteiger partial charge in [-0.15, -0.1) is 5.10 Å². The molecule has 1 amide bonds. The molecule has 1 heterocycles. The number of aromatic nitrogens is 3. The minimum atomic E-state index is 0.106. The smallest absolute Gasteiger partial charge is 0.233 e. The van der Waals surface area contributed by atoms with E-state index in [1.807, 2.05) is 29.2 Å². The first-order valence-corrected chi connectivity index (χ1v) is 10.5. The normalized spacial score (nSPS) is 10.8. The quantitative estimate of drug-likeness (QED) is 0.566. The molecule has 0 saturated heterocycles. The molecule has 5 nitrogen and oxygen atoms in total. The molecular formula is C22H26N4OS. The summed E-state index contributed by atoms with van der Waals surface area (Å²) in [5.74, 6) is 1.16.